The molecule has 0 spiro atoms. The second kappa shape index (κ2) is 43.4. The van der Waals surface area contributed by atoms with Crippen LogP contribution in [0, 0.1) is 0 Å². The van der Waals surface area contributed by atoms with Crippen molar-refractivity contribution < 1.29 is 267 Å². The largest absolute Gasteiger partial charge is 0.822 e. The molecule has 0 N–H and O–H groups in total. The van der Waals surface area contributed by atoms with Gasteiger partial charge in [-0.1, -0.05) is 0 Å². The molecule has 0 saturated carbocycles. The van der Waals surface area contributed by atoms with E-state index in [2.05, 4.69) is 0 Å². The summed E-state index contributed by atoms with van der Waals surface area (Å²) < 4.78 is 42.7. The SMILES string of the molecule is O=P([O-])([O-])[O-].O=P([O-])([O-])[O-].O=P([O-])([O-])[O-].O=P([O-])([O-])[O-].O=P([O-])([O-])[O-].[Ni].[Ni].[Ni].[Ti].[Ti].[Ti].[V].[V].[V]. The summed E-state index contributed by atoms with van der Waals surface area (Å²) in [7, 11) is -26.9. The number of hydrogen-bond acceptors (Lipinski definition) is 20. The van der Waals surface area contributed by atoms with E-state index >= 15 is 0 Å². The Morgan fingerprint density at radius 2 is 0.265 bits per heavy atom. The predicted octanol–water partition coefficient (Wildman–Crippen LogP) is -14.1. The first kappa shape index (κ1) is 90.0. The monoisotopic (exact) mass is 945 g/mol. The fourth-order valence-electron chi connectivity index (χ4n) is 0. The number of phosphoric acid groups is 5. The molecule has 34 heavy (non-hydrogen) atoms. The maximum absolute atomic E-state index is 8.55. The maximum Gasteiger partial charge on any atom is 0 e. The second-order valence-electron chi connectivity index (χ2n) is 2.24. The topological polar surface area (TPSA) is 431 Å². The van der Waals surface area contributed by atoms with Gasteiger partial charge in [-0.15, -0.1) is 0 Å². The molecule has 0 heterocycles. The molecule has 217 valence electrons. The maximum atomic E-state index is 8.55. The smallest absolute Gasteiger partial charge is 0 e. The Hall–Kier alpha value is 5.93. The van der Waals surface area contributed by atoms with Crippen molar-refractivity contribution in [3.05, 3.63) is 0 Å². The fraction of sp³-hybridized carbons (Fsp3) is 0. The van der Waals surface area contributed by atoms with Gasteiger partial charge in [0.25, 0.3) is 0 Å². The van der Waals surface area contributed by atoms with E-state index in [9.17, 15) is 0 Å². The molecule has 0 atom stereocenters. The summed E-state index contributed by atoms with van der Waals surface area (Å²) in [5.41, 5.74) is 0. The van der Waals surface area contributed by atoms with Crippen molar-refractivity contribution in [2.75, 3.05) is 0 Å². The van der Waals surface area contributed by atoms with Crippen LogP contribution in [0.3, 0.4) is 0 Å². The molecule has 20 nitrogen and oxygen atoms in total. The van der Waals surface area contributed by atoms with Crippen molar-refractivity contribution in [2.45, 2.75) is 0 Å². The minimum Gasteiger partial charge on any atom is -0.822 e. The minimum atomic E-state index is -5.39. The van der Waals surface area contributed by atoms with Crippen LogP contribution < -0.4 is 73.4 Å². The van der Waals surface area contributed by atoms with Crippen molar-refractivity contribution in [2.24, 2.45) is 0 Å². The van der Waals surface area contributed by atoms with Crippen molar-refractivity contribution in [1.82, 2.24) is 0 Å². The van der Waals surface area contributed by atoms with Gasteiger partial charge >= 0.3 is 0 Å². The first-order valence-electron chi connectivity index (χ1n) is 3.65. The molecule has 0 saturated heterocycles. The van der Waals surface area contributed by atoms with E-state index < -0.39 is 39.1 Å². The molecule has 0 unspecified atom stereocenters. The molecule has 0 fully saturated rings. The molecule has 3 radical (unpaired) electrons. The molecular weight excluding hydrogens is 947 g/mol. The zero-order valence-electron chi connectivity index (χ0n) is 14.2. The van der Waals surface area contributed by atoms with E-state index in [1.807, 2.05) is 0 Å². The van der Waals surface area contributed by atoms with E-state index in [-0.39, 0.29) is 170 Å². The molecule has 0 aromatic heterocycles. The van der Waals surface area contributed by atoms with E-state index in [0.717, 1.165) is 0 Å². The third-order valence-electron chi connectivity index (χ3n) is 0. The van der Waals surface area contributed by atoms with Gasteiger partial charge < -0.3 is 96.2 Å². The summed E-state index contributed by atoms with van der Waals surface area (Å²) in [6.45, 7) is 0. The second-order valence-corrected chi connectivity index (χ2v) is 6.71. The molecule has 34 heteroatoms. The van der Waals surface area contributed by atoms with Crippen LogP contribution in [0.2, 0.25) is 0 Å². The van der Waals surface area contributed by atoms with Crippen molar-refractivity contribution in [3.8, 4) is 0 Å². The Kier molecular flexibility index (Phi) is 115. The third-order valence-corrected chi connectivity index (χ3v) is 0. The predicted molar refractivity (Wildman–Crippen MR) is 38.0 cm³/mol. The minimum absolute atomic E-state index is 0. The van der Waals surface area contributed by atoms with Crippen LogP contribution in [-0.4, -0.2) is 0 Å². The van der Waals surface area contributed by atoms with Crippen LogP contribution in [0.25, 0.3) is 0 Å². The molecule has 0 amide bonds. The van der Waals surface area contributed by atoms with Gasteiger partial charge in [0.05, 0.1) is 0 Å². The summed E-state index contributed by atoms with van der Waals surface area (Å²) in [6, 6.07) is 0. The van der Waals surface area contributed by atoms with Gasteiger partial charge in [-0.2, -0.15) is 39.1 Å². The van der Waals surface area contributed by atoms with Crippen molar-refractivity contribution in [3.63, 3.8) is 0 Å². The first-order valence-corrected chi connectivity index (χ1v) is 11.0. The quantitative estimate of drug-likeness (QED) is 0.161. The molecule has 0 bridgehead atoms. The molecule has 0 aromatic carbocycles. The van der Waals surface area contributed by atoms with Gasteiger partial charge in [-0.05, 0) is 0 Å². The number of hydrogen-bond donors (Lipinski definition) is 0. The van der Waals surface area contributed by atoms with Crippen LogP contribution in [0.1, 0.15) is 0 Å². The van der Waals surface area contributed by atoms with E-state index in [1.54, 1.807) is 0 Å². The van der Waals surface area contributed by atoms with E-state index in [1.165, 1.54) is 0 Å². The van der Waals surface area contributed by atoms with Crippen LogP contribution in [-0.2, 0) is 193 Å². The van der Waals surface area contributed by atoms with Gasteiger partial charge in [0.1, 0.15) is 0 Å². The molecular formula is Ni3O20P5Ti3V3-15. The van der Waals surface area contributed by atoms with Crippen LogP contribution in [0.15, 0.2) is 0 Å². The van der Waals surface area contributed by atoms with Gasteiger partial charge in [-0.25, -0.2) is 0 Å². The van der Waals surface area contributed by atoms with E-state index in [0.29, 0.717) is 0 Å². The van der Waals surface area contributed by atoms with Gasteiger partial charge in [0.15, 0.2) is 0 Å². The summed E-state index contributed by atoms with van der Waals surface area (Å²) >= 11 is 0. The normalized spacial score (nSPS) is 8.68. The zero-order chi connectivity index (χ0) is 22.5. The molecule has 0 aliphatic heterocycles. The summed E-state index contributed by atoms with van der Waals surface area (Å²) in [5.74, 6) is 0. The molecule has 0 aliphatic rings. The van der Waals surface area contributed by atoms with Crippen LogP contribution in [0.4, 0.5) is 0 Å². The van der Waals surface area contributed by atoms with Gasteiger partial charge in [-0.3, -0.25) is 0 Å². The average Bonchev–Trinajstić information content (AvgIpc) is 1.79. The Labute approximate surface area is 301 Å². The van der Waals surface area contributed by atoms with Crippen LogP contribution in [0.5, 0.6) is 0 Å². The molecule has 0 rings (SSSR count). The Bertz CT molecular complexity index is 408. The third kappa shape index (κ3) is 1470. The average molecular weight is 947 g/mol. The first-order chi connectivity index (χ1) is 10.0. The Morgan fingerprint density at radius 3 is 0.265 bits per heavy atom. The standard InChI is InChI=1S/3Ni.5H3O4P.3Ti.3V/c;;;5*1-5(2,3)4;;;;;;/h;;;5*(H3,1,2,3,4);;;;;;/p-15. The van der Waals surface area contributed by atoms with Crippen molar-refractivity contribution in [1.29, 1.82) is 0 Å². The van der Waals surface area contributed by atoms with Gasteiger partial charge in [0, 0.05) is 170 Å². The summed E-state index contributed by atoms with van der Waals surface area (Å²) in [5, 5.41) is 0. The van der Waals surface area contributed by atoms with Gasteiger partial charge in [0.2, 0.25) is 0 Å². The zero-order valence-corrected chi connectivity index (χ0v) is 30.5. The fourth-order valence-corrected chi connectivity index (χ4v) is 0. The Morgan fingerprint density at radius 1 is 0.265 bits per heavy atom. The van der Waals surface area contributed by atoms with E-state index in [4.69, 9.17) is 96.2 Å². The summed E-state index contributed by atoms with van der Waals surface area (Å²) in [4.78, 5) is 128. The number of rotatable bonds is 0. The van der Waals surface area contributed by atoms with Crippen molar-refractivity contribution >= 4 is 39.1 Å². The Balaban J connectivity index is -0.0000000115. The van der Waals surface area contributed by atoms with Crippen LogP contribution >= 0.6 is 39.1 Å². The summed E-state index contributed by atoms with van der Waals surface area (Å²) in [6.07, 6.45) is 0. The molecule has 0 aliphatic carbocycles. The molecule has 0 aromatic rings.